The van der Waals surface area contributed by atoms with Crippen LogP contribution in [0.15, 0.2) is 53.0 Å². The second kappa shape index (κ2) is 9.04. The molecule has 0 saturated heterocycles. The Balaban J connectivity index is 1.49. The average molecular weight is 474 g/mol. The topological polar surface area (TPSA) is 103 Å². The van der Waals surface area contributed by atoms with Crippen LogP contribution >= 0.6 is 34.7 Å². The Morgan fingerprint density at radius 2 is 2.10 bits per heavy atom. The van der Waals surface area contributed by atoms with Crippen LogP contribution in [-0.4, -0.2) is 31.3 Å². The molecule has 0 fully saturated rings. The van der Waals surface area contributed by atoms with Gasteiger partial charge in [-0.3, -0.25) is 14.9 Å². The lowest BCUT2D eigenvalue weighted by Gasteiger charge is -2.08. The number of nitro groups is 1. The summed E-state index contributed by atoms with van der Waals surface area (Å²) in [6.07, 6.45) is 0. The predicted octanol–water partition coefficient (Wildman–Crippen LogP) is 5.47. The summed E-state index contributed by atoms with van der Waals surface area (Å²) in [5.74, 6) is 0.532. The number of carbonyl (C=O) groups excluding carboxylic acids is 1. The number of rotatable bonds is 7. The lowest BCUT2D eigenvalue weighted by Crippen LogP contribution is -2.14. The van der Waals surface area contributed by atoms with Gasteiger partial charge in [-0.2, -0.15) is 0 Å². The van der Waals surface area contributed by atoms with E-state index in [1.807, 2.05) is 23.6 Å². The molecule has 2 aromatic heterocycles. The van der Waals surface area contributed by atoms with E-state index in [-0.39, 0.29) is 22.4 Å². The third kappa shape index (κ3) is 4.41. The highest BCUT2D eigenvalue weighted by Crippen LogP contribution is 2.34. The first-order valence-corrected chi connectivity index (χ1v) is 11.5. The molecule has 8 nitrogen and oxygen atoms in total. The smallest absolute Gasteiger partial charge is 0.289 e. The predicted molar refractivity (Wildman–Crippen MR) is 124 cm³/mol. The first-order valence-electron chi connectivity index (χ1n) is 9.24. The van der Waals surface area contributed by atoms with E-state index in [2.05, 4.69) is 33.0 Å². The minimum Gasteiger partial charge on any atom is -0.325 e. The molecule has 31 heavy (non-hydrogen) atoms. The number of anilines is 1. The van der Waals surface area contributed by atoms with Crippen LogP contribution in [0.5, 0.6) is 0 Å². The number of hydrogen-bond donors (Lipinski definition) is 1. The molecule has 11 heteroatoms. The SMILES string of the molecule is CCn1c(SCC(=O)Nc2ccc(Cl)c([N+](=O)[O-])c2)nnc1-c1csc2ccccc12. The molecule has 0 aliphatic carbocycles. The number of hydrogen-bond acceptors (Lipinski definition) is 7. The number of benzene rings is 2. The lowest BCUT2D eigenvalue weighted by molar-refractivity contribution is -0.384. The van der Waals surface area contributed by atoms with Gasteiger partial charge < -0.3 is 9.88 Å². The van der Waals surface area contributed by atoms with Crippen LogP contribution in [-0.2, 0) is 11.3 Å². The summed E-state index contributed by atoms with van der Waals surface area (Å²) < 4.78 is 3.15. The van der Waals surface area contributed by atoms with Crippen molar-refractivity contribution in [2.24, 2.45) is 0 Å². The van der Waals surface area contributed by atoms with Crippen LogP contribution in [0.25, 0.3) is 21.5 Å². The van der Waals surface area contributed by atoms with Gasteiger partial charge in [-0.1, -0.05) is 41.6 Å². The molecule has 0 aliphatic heterocycles. The number of thiophene rings is 1. The zero-order valence-electron chi connectivity index (χ0n) is 16.2. The molecule has 158 valence electrons. The van der Waals surface area contributed by atoms with Gasteiger partial charge in [0, 0.05) is 39.3 Å². The van der Waals surface area contributed by atoms with Crippen molar-refractivity contribution in [3.63, 3.8) is 0 Å². The molecule has 1 amide bonds. The molecule has 2 heterocycles. The first kappa shape index (κ1) is 21.3. The Hall–Kier alpha value is -2.95. The number of thioether (sulfide) groups is 1. The minimum absolute atomic E-state index is 0.0157. The summed E-state index contributed by atoms with van der Waals surface area (Å²) in [4.78, 5) is 22.8. The Morgan fingerprint density at radius 1 is 1.29 bits per heavy atom. The Kier molecular flexibility index (Phi) is 6.21. The van der Waals surface area contributed by atoms with Gasteiger partial charge in [-0.05, 0) is 25.1 Å². The van der Waals surface area contributed by atoms with E-state index in [1.54, 1.807) is 11.3 Å². The molecule has 0 atom stereocenters. The standard InChI is InChI=1S/C20H16ClN5O3S2/c1-2-25-19(14-10-30-17-6-4-3-5-13(14)17)23-24-20(25)31-11-18(27)22-12-7-8-15(21)16(9-12)26(28)29/h3-10H,2,11H2,1H3,(H,22,27). The molecule has 0 saturated carbocycles. The number of amides is 1. The van der Waals surface area contributed by atoms with Crippen molar-refractivity contribution in [3.05, 3.63) is 63.0 Å². The van der Waals surface area contributed by atoms with Gasteiger partial charge in [0.2, 0.25) is 5.91 Å². The van der Waals surface area contributed by atoms with Crippen LogP contribution in [0.3, 0.4) is 0 Å². The van der Waals surface area contributed by atoms with E-state index in [4.69, 9.17) is 11.6 Å². The highest BCUT2D eigenvalue weighted by molar-refractivity contribution is 7.99. The summed E-state index contributed by atoms with van der Waals surface area (Å²) >= 11 is 8.72. The fourth-order valence-corrected chi connectivity index (χ4v) is 5.02. The maximum Gasteiger partial charge on any atom is 0.289 e. The van der Waals surface area contributed by atoms with Gasteiger partial charge in [0.1, 0.15) is 5.02 Å². The van der Waals surface area contributed by atoms with Gasteiger partial charge in [0.25, 0.3) is 5.69 Å². The average Bonchev–Trinajstić information content (AvgIpc) is 3.36. The zero-order valence-corrected chi connectivity index (χ0v) is 18.6. The van der Waals surface area contributed by atoms with E-state index < -0.39 is 4.92 Å². The molecule has 2 aromatic carbocycles. The fraction of sp³-hybridized carbons (Fsp3) is 0.150. The highest BCUT2D eigenvalue weighted by Gasteiger charge is 2.18. The molecule has 0 unspecified atom stereocenters. The van der Waals surface area contributed by atoms with Gasteiger partial charge in [0.15, 0.2) is 11.0 Å². The van der Waals surface area contributed by atoms with Crippen LogP contribution in [0.1, 0.15) is 6.92 Å². The molecule has 1 N–H and O–H groups in total. The van der Waals surface area contributed by atoms with Crippen molar-refractivity contribution < 1.29 is 9.72 Å². The number of carbonyl (C=O) groups is 1. The number of aromatic nitrogens is 3. The number of nitro benzene ring substituents is 1. The largest absolute Gasteiger partial charge is 0.325 e. The number of nitrogens with zero attached hydrogens (tertiary/aromatic N) is 4. The van der Waals surface area contributed by atoms with Crippen LogP contribution in [0.2, 0.25) is 5.02 Å². The molecule has 0 bridgehead atoms. The maximum absolute atomic E-state index is 12.4. The maximum atomic E-state index is 12.4. The molecule has 4 aromatic rings. The second-order valence-electron chi connectivity index (χ2n) is 6.46. The van der Waals surface area contributed by atoms with E-state index >= 15 is 0 Å². The quantitative estimate of drug-likeness (QED) is 0.217. The van der Waals surface area contributed by atoms with Gasteiger partial charge >= 0.3 is 0 Å². The van der Waals surface area contributed by atoms with Crippen molar-refractivity contribution in [1.29, 1.82) is 0 Å². The van der Waals surface area contributed by atoms with Crippen molar-refractivity contribution >= 4 is 62.1 Å². The van der Waals surface area contributed by atoms with Crippen molar-refractivity contribution in [1.82, 2.24) is 14.8 Å². The fourth-order valence-electron chi connectivity index (χ4n) is 3.09. The van der Waals surface area contributed by atoms with Gasteiger partial charge in [-0.15, -0.1) is 21.5 Å². The number of halogens is 1. The molecule has 0 radical (unpaired) electrons. The number of fused-ring (bicyclic) bond motifs is 1. The van der Waals surface area contributed by atoms with Gasteiger partial charge in [-0.25, -0.2) is 0 Å². The normalized spacial score (nSPS) is 11.0. The number of nitrogens with one attached hydrogen (secondary N) is 1. The Bertz CT molecular complexity index is 1290. The second-order valence-corrected chi connectivity index (χ2v) is 8.72. The Labute approximate surface area is 190 Å². The molecule has 0 aliphatic rings. The third-order valence-electron chi connectivity index (χ3n) is 4.51. The molecule has 0 spiro atoms. The van der Waals surface area contributed by atoms with Crippen molar-refractivity contribution in [2.75, 3.05) is 11.1 Å². The van der Waals surface area contributed by atoms with Gasteiger partial charge in [0.05, 0.1) is 10.7 Å². The summed E-state index contributed by atoms with van der Waals surface area (Å²) in [6, 6.07) is 12.3. The summed E-state index contributed by atoms with van der Waals surface area (Å²) in [5, 5.41) is 26.1. The van der Waals surface area contributed by atoms with Crippen LogP contribution < -0.4 is 5.32 Å². The molecular formula is C20H16ClN5O3S2. The zero-order chi connectivity index (χ0) is 22.0. The monoisotopic (exact) mass is 473 g/mol. The van der Waals surface area contributed by atoms with Crippen molar-refractivity contribution in [3.8, 4) is 11.4 Å². The summed E-state index contributed by atoms with van der Waals surface area (Å²) in [7, 11) is 0. The van der Waals surface area contributed by atoms with Crippen molar-refractivity contribution in [2.45, 2.75) is 18.6 Å². The first-order chi connectivity index (χ1) is 15.0. The van der Waals surface area contributed by atoms with Crippen LogP contribution in [0.4, 0.5) is 11.4 Å². The van der Waals surface area contributed by atoms with E-state index in [9.17, 15) is 14.9 Å². The molecular weight excluding hydrogens is 458 g/mol. The highest BCUT2D eigenvalue weighted by atomic mass is 35.5. The lowest BCUT2D eigenvalue weighted by atomic mass is 10.1. The third-order valence-corrected chi connectivity index (χ3v) is 6.76. The van der Waals surface area contributed by atoms with E-state index in [1.165, 1.54) is 34.7 Å². The Morgan fingerprint density at radius 3 is 2.87 bits per heavy atom. The summed E-state index contributed by atoms with van der Waals surface area (Å²) in [5.41, 5.74) is 1.06. The van der Waals surface area contributed by atoms with E-state index in [0.717, 1.165) is 16.8 Å². The minimum atomic E-state index is -0.591. The van der Waals surface area contributed by atoms with Crippen LogP contribution in [0, 0.1) is 10.1 Å². The molecule has 4 rings (SSSR count). The summed E-state index contributed by atoms with van der Waals surface area (Å²) in [6.45, 7) is 2.65. The van der Waals surface area contributed by atoms with E-state index in [0.29, 0.717) is 17.4 Å².